The molecule has 0 amide bonds. The first-order valence-electron chi connectivity index (χ1n) is 9.55. The van der Waals surface area contributed by atoms with E-state index in [0.29, 0.717) is 52.5 Å². The largest absolute Gasteiger partial charge is 0.507 e. The van der Waals surface area contributed by atoms with Crippen LogP contribution in [0.4, 0.5) is 0 Å². The Bertz CT molecular complexity index is 980. The van der Waals surface area contributed by atoms with Gasteiger partial charge in [-0.1, -0.05) is 17.7 Å². The van der Waals surface area contributed by atoms with Crippen LogP contribution in [-0.4, -0.2) is 44.6 Å². The van der Waals surface area contributed by atoms with E-state index in [9.17, 15) is 15.0 Å². The van der Waals surface area contributed by atoms with Gasteiger partial charge in [-0.15, -0.1) is 6.58 Å². The monoisotopic (exact) mass is 428 g/mol. The highest BCUT2D eigenvalue weighted by Crippen LogP contribution is 2.40. The van der Waals surface area contributed by atoms with Gasteiger partial charge in [0.25, 0.3) is 0 Å². The molecule has 0 bridgehead atoms. The van der Waals surface area contributed by atoms with Gasteiger partial charge in [0.1, 0.15) is 17.1 Å². The van der Waals surface area contributed by atoms with Crippen molar-refractivity contribution < 1.29 is 34.0 Å². The molecule has 0 aromatic heterocycles. The molecule has 0 unspecified atom stereocenters. The summed E-state index contributed by atoms with van der Waals surface area (Å²) in [5.74, 6) is 0.257. The minimum absolute atomic E-state index is 0.193. The van der Waals surface area contributed by atoms with Gasteiger partial charge in [0.2, 0.25) is 5.75 Å². The maximum absolute atomic E-state index is 11.9. The van der Waals surface area contributed by atoms with Crippen LogP contribution in [0.2, 0.25) is 0 Å². The van der Waals surface area contributed by atoms with E-state index in [4.69, 9.17) is 18.9 Å². The molecule has 0 fully saturated rings. The second-order valence-electron chi connectivity index (χ2n) is 6.92. The van der Waals surface area contributed by atoms with Gasteiger partial charge in [0.05, 0.1) is 28.4 Å². The summed E-state index contributed by atoms with van der Waals surface area (Å²) < 4.78 is 21.4. The van der Waals surface area contributed by atoms with Crippen LogP contribution in [0.1, 0.15) is 40.4 Å². The quantitative estimate of drug-likeness (QED) is 0.414. The summed E-state index contributed by atoms with van der Waals surface area (Å²) in [6, 6.07) is 5.07. The van der Waals surface area contributed by atoms with Gasteiger partial charge >= 0.3 is 5.97 Å². The lowest BCUT2D eigenvalue weighted by atomic mass is 9.96. The standard InChI is InChI=1S/C24H28O7/c1-14(2)7-10-17-18(28-3)13-16(21(22(17)25)24(26)27)9-8-15-11-19(29-4)23(31-6)20(12-15)30-5/h8-9,11-13,25H,1,7,10H2,2-6H3,(H,26,27). The van der Waals surface area contributed by atoms with Gasteiger partial charge in [-0.25, -0.2) is 4.79 Å². The van der Waals surface area contributed by atoms with E-state index in [-0.39, 0.29) is 11.3 Å². The third kappa shape index (κ3) is 5.31. The number of hydrogen-bond donors (Lipinski definition) is 2. The van der Waals surface area contributed by atoms with E-state index < -0.39 is 5.97 Å². The number of rotatable bonds is 10. The molecule has 0 aliphatic heterocycles. The fourth-order valence-electron chi connectivity index (χ4n) is 3.21. The molecule has 2 aromatic rings. The van der Waals surface area contributed by atoms with Gasteiger partial charge in [0.15, 0.2) is 11.5 Å². The van der Waals surface area contributed by atoms with Crippen molar-refractivity contribution in [2.24, 2.45) is 0 Å². The first-order chi connectivity index (χ1) is 14.8. The Labute approximate surface area is 182 Å². The summed E-state index contributed by atoms with van der Waals surface area (Å²) in [4.78, 5) is 11.9. The molecule has 31 heavy (non-hydrogen) atoms. The zero-order valence-corrected chi connectivity index (χ0v) is 18.4. The molecule has 166 valence electrons. The SMILES string of the molecule is C=C(C)CCc1c(OC)cc(C=Cc2cc(OC)c(OC)c(OC)c2)c(C(=O)O)c1O. The zero-order valence-electron chi connectivity index (χ0n) is 18.4. The van der Waals surface area contributed by atoms with E-state index in [0.717, 1.165) is 5.57 Å². The molecule has 7 heteroatoms. The van der Waals surface area contributed by atoms with Gasteiger partial charge in [-0.05, 0) is 49.1 Å². The summed E-state index contributed by atoms with van der Waals surface area (Å²) in [5.41, 5.74) is 2.16. The molecule has 0 atom stereocenters. The van der Waals surface area contributed by atoms with Gasteiger partial charge < -0.3 is 29.2 Å². The molecule has 0 radical (unpaired) electrons. The number of methoxy groups -OCH3 is 4. The number of allylic oxidation sites excluding steroid dienone is 1. The average Bonchev–Trinajstić information content (AvgIpc) is 2.74. The third-order valence-electron chi connectivity index (χ3n) is 4.77. The first-order valence-corrected chi connectivity index (χ1v) is 9.55. The van der Waals surface area contributed by atoms with Crippen molar-refractivity contribution >= 4 is 18.1 Å². The average molecular weight is 428 g/mol. The summed E-state index contributed by atoms with van der Waals surface area (Å²) in [5, 5.41) is 20.4. The van der Waals surface area contributed by atoms with Crippen LogP contribution in [0, 0.1) is 0 Å². The second kappa shape index (κ2) is 10.4. The van der Waals surface area contributed by atoms with Crippen molar-refractivity contribution in [2.45, 2.75) is 19.8 Å². The number of carboxylic acids is 1. The van der Waals surface area contributed by atoms with Crippen molar-refractivity contribution in [1.29, 1.82) is 0 Å². The van der Waals surface area contributed by atoms with Crippen LogP contribution in [0.5, 0.6) is 28.7 Å². The predicted octanol–water partition coefficient (Wildman–Crippen LogP) is 4.80. The lowest BCUT2D eigenvalue weighted by Crippen LogP contribution is -2.05. The molecule has 2 aromatic carbocycles. The molecule has 0 aliphatic rings. The van der Waals surface area contributed by atoms with Crippen molar-refractivity contribution in [3.63, 3.8) is 0 Å². The summed E-state index contributed by atoms with van der Waals surface area (Å²) in [7, 11) is 6.02. The fraction of sp³-hybridized carbons (Fsp3) is 0.292. The molecule has 0 heterocycles. The number of phenols is 1. The second-order valence-corrected chi connectivity index (χ2v) is 6.92. The number of aromatic hydroxyl groups is 1. The molecular formula is C24H28O7. The molecule has 7 nitrogen and oxygen atoms in total. The van der Waals surface area contributed by atoms with Crippen molar-refractivity contribution in [3.8, 4) is 28.7 Å². The van der Waals surface area contributed by atoms with Gasteiger partial charge in [0, 0.05) is 5.56 Å². The number of carboxylic acid groups (broad SMARTS) is 1. The highest BCUT2D eigenvalue weighted by Gasteiger charge is 2.22. The Morgan fingerprint density at radius 2 is 1.55 bits per heavy atom. The fourth-order valence-corrected chi connectivity index (χ4v) is 3.21. The van der Waals surface area contributed by atoms with Crippen molar-refractivity contribution in [1.82, 2.24) is 0 Å². The number of benzene rings is 2. The zero-order chi connectivity index (χ0) is 23.1. The molecule has 0 aliphatic carbocycles. The molecular weight excluding hydrogens is 400 g/mol. The Balaban J connectivity index is 2.58. The van der Waals surface area contributed by atoms with Crippen LogP contribution in [0.3, 0.4) is 0 Å². The number of carbonyl (C=O) groups is 1. The predicted molar refractivity (Wildman–Crippen MR) is 120 cm³/mol. The van der Waals surface area contributed by atoms with E-state index in [1.165, 1.54) is 28.4 Å². The van der Waals surface area contributed by atoms with E-state index in [2.05, 4.69) is 6.58 Å². The van der Waals surface area contributed by atoms with Crippen LogP contribution < -0.4 is 18.9 Å². The highest BCUT2D eigenvalue weighted by atomic mass is 16.5. The molecule has 0 saturated heterocycles. The lowest BCUT2D eigenvalue weighted by Gasteiger charge is -2.15. The lowest BCUT2D eigenvalue weighted by molar-refractivity contribution is 0.0693. The number of ether oxygens (including phenoxy) is 4. The minimum atomic E-state index is -1.23. The van der Waals surface area contributed by atoms with Gasteiger partial charge in [-0.2, -0.15) is 0 Å². The summed E-state index contributed by atoms with van der Waals surface area (Å²) in [6.07, 6.45) is 4.30. The molecule has 0 saturated carbocycles. The Kier molecular flexibility index (Phi) is 7.96. The number of hydrogen-bond acceptors (Lipinski definition) is 6. The molecule has 2 rings (SSSR count). The van der Waals surface area contributed by atoms with E-state index in [1.807, 2.05) is 6.92 Å². The molecule has 0 spiro atoms. The Hall–Kier alpha value is -3.61. The Morgan fingerprint density at radius 3 is 2.00 bits per heavy atom. The van der Waals surface area contributed by atoms with Crippen LogP contribution in [0.15, 0.2) is 30.4 Å². The maximum atomic E-state index is 11.9. The third-order valence-corrected chi connectivity index (χ3v) is 4.77. The Morgan fingerprint density at radius 1 is 0.968 bits per heavy atom. The number of aromatic carboxylic acids is 1. The van der Waals surface area contributed by atoms with Crippen molar-refractivity contribution in [3.05, 3.63) is 52.6 Å². The highest BCUT2D eigenvalue weighted by molar-refractivity contribution is 5.97. The smallest absolute Gasteiger partial charge is 0.340 e. The van der Waals surface area contributed by atoms with E-state index >= 15 is 0 Å². The molecule has 2 N–H and O–H groups in total. The first kappa shape index (κ1) is 23.7. The van der Waals surface area contributed by atoms with Crippen molar-refractivity contribution in [2.75, 3.05) is 28.4 Å². The van der Waals surface area contributed by atoms with Crippen LogP contribution in [-0.2, 0) is 6.42 Å². The summed E-state index contributed by atoms with van der Waals surface area (Å²) in [6.45, 7) is 5.73. The van der Waals surface area contributed by atoms with Crippen LogP contribution in [0.25, 0.3) is 12.2 Å². The topological polar surface area (TPSA) is 94.5 Å². The van der Waals surface area contributed by atoms with E-state index in [1.54, 1.807) is 30.4 Å². The minimum Gasteiger partial charge on any atom is -0.507 e. The van der Waals surface area contributed by atoms with Gasteiger partial charge in [-0.3, -0.25) is 0 Å². The maximum Gasteiger partial charge on any atom is 0.340 e. The van der Waals surface area contributed by atoms with Crippen LogP contribution >= 0.6 is 0 Å². The summed E-state index contributed by atoms with van der Waals surface area (Å²) >= 11 is 0. The normalized spacial score (nSPS) is 10.7.